The van der Waals surface area contributed by atoms with Gasteiger partial charge < -0.3 is 19.3 Å². The van der Waals surface area contributed by atoms with Gasteiger partial charge in [0.25, 0.3) is 5.91 Å². The summed E-state index contributed by atoms with van der Waals surface area (Å²) in [7, 11) is 3.10. The highest BCUT2D eigenvalue weighted by Gasteiger charge is 2.33. The predicted octanol–water partition coefficient (Wildman–Crippen LogP) is 3.98. The first-order valence-corrected chi connectivity index (χ1v) is 11.0. The van der Waals surface area contributed by atoms with Crippen molar-refractivity contribution < 1.29 is 23.5 Å². The van der Waals surface area contributed by atoms with Gasteiger partial charge in [0.05, 0.1) is 14.2 Å². The third kappa shape index (κ3) is 4.29. The summed E-state index contributed by atoms with van der Waals surface area (Å²) in [6, 6.07) is 8.18. The minimum atomic E-state index is -0.253. The first-order valence-electron chi connectivity index (χ1n) is 11.0. The van der Waals surface area contributed by atoms with Crippen molar-refractivity contribution >= 4 is 17.5 Å². The molecule has 2 amide bonds. The fourth-order valence-electron chi connectivity index (χ4n) is 4.80. The van der Waals surface area contributed by atoms with Crippen LogP contribution in [0.15, 0.2) is 30.3 Å². The molecule has 7 heteroatoms. The largest absolute Gasteiger partial charge is 0.497 e. The molecular weight excluding hydrogens is 411 g/mol. The number of hydrogen-bond acceptors (Lipinski definition) is 4. The van der Waals surface area contributed by atoms with Crippen LogP contribution in [-0.4, -0.2) is 50.6 Å². The molecule has 2 aliphatic heterocycles. The van der Waals surface area contributed by atoms with E-state index in [1.54, 1.807) is 43.4 Å². The zero-order valence-electron chi connectivity index (χ0n) is 18.8. The Morgan fingerprint density at radius 2 is 1.62 bits per heavy atom. The summed E-state index contributed by atoms with van der Waals surface area (Å²) in [5, 5.41) is 0. The molecule has 170 valence electrons. The molecule has 0 bridgehead atoms. The van der Waals surface area contributed by atoms with Gasteiger partial charge in [0.15, 0.2) is 0 Å². The minimum Gasteiger partial charge on any atom is -0.497 e. The van der Waals surface area contributed by atoms with Gasteiger partial charge in [-0.25, -0.2) is 4.39 Å². The maximum Gasteiger partial charge on any atom is 0.254 e. The summed E-state index contributed by atoms with van der Waals surface area (Å²) >= 11 is 0. The van der Waals surface area contributed by atoms with Gasteiger partial charge in [-0.2, -0.15) is 0 Å². The van der Waals surface area contributed by atoms with E-state index in [-0.39, 0.29) is 23.5 Å². The quantitative estimate of drug-likeness (QED) is 0.722. The Labute approximate surface area is 187 Å². The molecule has 32 heavy (non-hydrogen) atoms. The second-order valence-electron chi connectivity index (χ2n) is 8.49. The number of nitrogens with zero attached hydrogens (tertiary/aromatic N) is 2. The van der Waals surface area contributed by atoms with E-state index in [1.165, 1.54) is 6.07 Å². The predicted molar refractivity (Wildman–Crippen MR) is 120 cm³/mol. The van der Waals surface area contributed by atoms with Crippen molar-refractivity contribution in [1.29, 1.82) is 0 Å². The number of benzene rings is 2. The van der Waals surface area contributed by atoms with Crippen molar-refractivity contribution in [2.75, 3.05) is 38.8 Å². The molecule has 0 unspecified atom stereocenters. The fraction of sp³-hybridized carbons (Fsp3) is 0.440. The second-order valence-corrected chi connectivity index (χ2v) is 8.49. The second kappa shape index (κ2) is 9.18. The number of carbonyl (C=O) groups is 2. The molecule has 2 aromatic carbocycles. The Kier molecular flexibility index (Phi) is 6.35. The number of halogens is 1. The standard InChI is InChI=1S/C25H29FN2O4/c1-16-11-20(26)12-18-5-4-8-28(23(16)18)25(30)17-6-9-27(10-7-17)24(29)19-13-21(31-2)15-22(14-19)32-3/h11-15,17H,4-10H2,1-3H3. The molecule has 6 nitrogen and oxygen atoms in total. The number of hydrogen-bond donors (Lipinski definition) is 0. The van der Waals surface area contributed by atoms with Crippen molar-refractivity contribution in [3.05, 3.63) is 52.8 Å². The first-order chi connectivity index (χ1) is 15.4. The number of anilines is 1. The minimum absolute atomic E-state index is 0.0795. The number of fused-ring (bicyclic) bond motifs is 1. The molecule has 0 spiro atoms. The number of rotatable bonds is 4. The van der Waals surface area contributed by atoms with Crippen LogP contribution in [0.25, 0.3) is 0 Å². The van der Waals surface area contributed by atoms with Gasteiger partial charge in [-0.3, -0.25) is 9.59 Å². The van der Waals surface area contributed by atoms with Crippen molar-refractivity contribution in [3.63, 3.8) is 0 Å². The normalized spacial score (nSPS) is 16.5. The van der Waals surface area contributed by atoms with Crippen LogP contribution in [0.5, 0.6) is 11.5 Å². The van der Waals surface area contributed by atoms with E-state index in [2.05, 4.69) is 0 Å². The molecule has 4 rings (SSSR count). The van der Waals surface area contributed by atoms with Crippen LogP contribution in [0.1, 0.15) is 40.7 Å². The van der Waals surface area contributed by atoms with Crippen LogP contribution < -0.4 is 14.4 Å². The maximum atomic E-state index is 13.8. The third-order valence-corrected chi connectivity index (χ3v) is 6.44. The van der Waals surface area contributed by atoms with Crippen molar-refractivity contribution in [3.8, 4) is 11.5 Å². The van der Waals surface area contributed by atoms with Gasteiger partial charge in [0.1, 0.15) is 17.3 Å². The van der Waals surface area contributed by atoms with Gasteiger partial charge >= 0.3 is 0 Å². The summed E-state index contributed by atoms with van der Waals surface area (Å²) in [4.78, 5) is 30.0. The molecule has 0 aromatic heterocycles. The monoisotopic (exact) mass is 440 g/mol. The van der Waals surface area contributed by atoms with Gasteiger partial charge in [0, 0.05) is 42.9 Å². The Bertz CT molecular complexity index is 1010. The van der Waals surface area contributed by atoms with E-state index in [4.69, 9.17) is 9.47 Å². The summed E-state index contributed by atoms with van der Waals surface area (Å²) in [6.45, 7) is 3.54. The summed E-state index contributed by atoms with van der Waals surface area (Å²) in [5.74, 6) is 0.714. The van der Waals surface area contributed by atoms with E-state index >= 15 is 0 Å². The molecular formula is C25H29FN2O4. The van der Waals surface area contributed by atoms with E-state index in [0.29, 0.717) is 49.5 Å². The summed E-state index contributed by atoms with van der Waals surface area (Å²) in [6.07, 6.45) is 2.83. The van der Waals surface area contributed by atoms with Gasteiger partial charge in [-0.05, 0) is 68.0 Å². The number of aryl methyl sites for hydroxylation is 2. The van der Waals surface area contributed by atoms with E-state index in [1.807, 2.05) is 11.8 Å². The number of methoxy groups -OCH3 is 2. The first kappa shape index (κ1) is 22.1. The SMILES string of the molecule is COc1cc(OC)cc(C(=O)N2CCC(C(=O)N3CCCc4cc(F)cc(C)c43)CC2)c1. The third-order valence-electron chi connectivity index (χ3n) is 6.44. The lowest BCUT2D eigenvalue weighted by Gasteiger charge is -2.37. The lowest BCUT2D eigenvalue weighted by Crippen LogP contribution is -2.46. The van der Waals surface area contributed by atoms with Gasteiger partial charge in [0.2, 0.25) is 5.91 Å². The fourth-order valence-corrected chi connectivity index (χ4v) is 4.80. The Balaban J connectivity index is 1.45. The Hall–Kier alpha value is -3.09. The van der Waals surface area contributed by atoms with E-state index in [9.17, 15) is 14.0 Å². The maximum absolute atomic E-state index is 13.8. The Morgan fingerprint density at radius 1 is 0.969 bits per heavy atom. The molecule has 1 fully saturated rings. The highest BCUT2D eigenvalue weighted by molar-refractivity contribution is 5.98. The van der Waals surface area contributed by atoms with Crippen LogP contribution in [0.4, 0.5) is 10.1 Å². The van der Waals surface area contributed by atoms with Gasteiger partial charge in [-0.1, -0.05) is 0 Å². The summed E-state index contributed by atoms with van der Waals surface area (Å²) < 4.78 is 24.4. The topological polar surface area (TPSA) is 59.1 Å². The van der Waals surface area contributed by atoms with Crippen molar-refractivity contribution in [2.24, 2.45) is 5.92 Å². The lowest BCUT2D eigenvalue weighted by atomic mass is 9.91. The molecule has 0 aliphatic carbocycles. The number of ether oxygens (including phenoxy) is 2. The number of piperidine rings is 1. The Morgan fingerprint density at radius 3 is 2.25 bits per heavy atom. The smallest absolute Gasteiger partial charge is 0.254 e. The lowest BCUT2D eigenvalue weighted by molar-refractivity contribution is -0.123. The van der Waals surface area contributed by atoms with E-state index < -0.39 is 0 Å². The average Bonchev–Trinajstić information content (AvgIpc) is 2.82. The number of carbonyl (C=O) groups excluding carboxylic acids is 2. The highest BCUT2D eigenvalue weighted by atomic mass is 19.1. The zero-order valence-corrected chi connectivity index (χ0v) is 18.8. The molecule has 2 aliphatic rings. The molecule has 0 radical (unpaired) electrons. The molecule has 0 saturated carbocycles. The van der Waals surface area contributed by atoms with Crippen LogP contribution in [-0.2, 0) is 11.2 Å². The van der Waals surface area contributed by atoms with Crippen LogP contribution >= 0.6 is 0 Å². The summed E-state index contributed by atoms with van der Waals surface area (Å²) in [5.41, 5.74) is 3.08. The van der Waals surface area contributed by atoms with Crippen molar-refractivity contribution in [2.45, 2.75) is 32.6 Å². The van der Waals surface area contributed by atoms with E-state index in [0.717, 1.165) is 29.7 Å². The number of likely N-dealkylation sites (tertiary alicyclic amines) is 1. The zero-order chi connectivity index (χ0) is 22.8. The van der Waals surface area contributed by atoms with Crippen molar-refractivity contribution in [1.82, 2.24) is 4.90 Å². The van der Waals surface area contributed by atoms with Crippen LogP contribution in [0.2, 0.25) is 0 Å². The molecule has 1 saturated heterocycles. The van der Waals surface area contributed by atoms with Crippen LogP contribution in [0, 0.1) is 18.7 Å². The van der Waals surface area contributed by atoms with Crippen LogP contribution in [0.3, 0.4) is 0 Å². The molecule has 2 heterocycles. The molecule has 0 N–H and O–H groups in total. The van der Waals surface area contributed by atoms with Gasteiger partial charge in [-0.15, -0.1) is 0 Å². The highest BCUT2D eigenvalue weighted by Crippen LogP contribution is 2.34. The molecule has 2 aromatic rings. The molecule has 0 atom stereocenters. The average molecular weight is 441 g/mol. The number of amides is 2.